The second-order valence-electron chi connectivity index (χ2n) is 5.66. The first-order valence-corrected chi connectivity index (χ1v) is 8.95. The molecule has 0 saturated carbocycles. The van der Waals surface area contributed by atoms with E-state index in [-0.39, 0.29) is 23.6 Å². The maximum absolute atomic E-state index is 12.2. The van der Waals surface area contributed by atoms with Crippen LogP contribution in [0.25, 0.3) is 5.69 Å². The van der Waals surface area contributed by atoms with E-state index in [1.54, 1.807) is 23.6 Å². The largest absolute Gasteiger partial charge is 0.336 e. The first-order chi connectivity index (χ1) is 12.5. The van der Waals surface area contributed by atoms with Crippen molar-refractivity contribution >= 4 is 35.3 Å². The van der Waals surface area contributed by atoms with Gasteiger partial charge in [-0.15, -0.1) is 10.2 Å². The van der Waals surface area contributed by atoms with E-state index in [9.17, 15) is 14.4 Å². The lowest BCUT2D eigenvalue weighted by molar-refractivity contribution is -0.124. The molecule has 26 heavy (non-hydrogen) atoms. The summed E-state index contributed by atoms with van der Waals surface area (Å²) in [6, 6.07) is 6.90. The average Bonchev–Trinajstić information content (AvgIpc) is 3.18. The first-order valence-electron chi connectivity index (χ1n) is 7.97. The van der Waals surface area contributed by atoms with E-state index in [1.165, 1.54) is 23.6 Å². The second kappa shape index (κ2) is 7.56. The molecule has 0 radical (unpaired) electrons. The molecule has 1 fully saturated rings. The van der Waals surface area contributed by atoms with Crippen LogP contribution in [0.15, 0.2) is 29.4 Å². The summed E-state index contributed by atoms with van der Waals surface area (Å²) >= 11 is 1.21. The lowest BCUT2D eigenvalue weighted by Gasteiger charge is -2.13. The van der Waals surface area contributed by atoms with E-state index in [0.717, 1.165) is 5.69 Å². The summed E-state index contributed by atoms with van der Waals surface area (Å²) in [7, 11) is 0. The molecule has 1 aromatic carbocycles. The van der Waals surface area contributed by atoms with E-state index in [2.05, 4.69) is 20.8 Å². The van der Waals surface area contributed by atoms with Gasteiger partial charge in [-0.3, -0.25) is 19.1 Å². The second-order valence-corrected chi connectivity index (χ2v) is 6.61. The maximum Gasteiger partial charge on any atom is 0.324 e. The number of rotatable bonds is 5. The van der Waals surface area contributed by atoms with Gasteiger partial charge in [-0.05, 0) is 25.1 Å². The summed E-state index contributed by atoms with van der Waals surface area (Å²) in [6.45, 7) is 4.10. The Hall–Kier alpha value is -2.88. The molecule has 9 nitrogen and oxygen atoms in total. The molecule has 0 spiro atoms. The van der Waals surface area contributed by atoms with Crippen LogP contribution in [0.2, 0.25) is 0 Å². The number of anilines is 1. The fourth-order valence-electron chi connectivity index (χ4n) is 2.57. The zero-order chi connectivity index (χ0) is 18.7. The molecule has 0 atom stereocenters. The SMILES string of the molecule is CC(=O)Nc1cccc(-n2c(C)nnc2SCC(=O)N2CCNC2=O)c1. The lowest BCUT2D eigenvalue weighted by Crippen LogP contribution is -2.35. The van der Waals surface area contributed by atoms with E-state index in [1.807, 2.05) is 12.1 Å². The maximum atomic E-state index is 12.2. The predicted molar refractivity (Wildman–Crippen MR) is 96.2 cm³/mol. The summed E-state index contributed by atoms with van der Waals surface area (Å²) in [5.74, 6) is 0.298. The minimum absolute atomic E-state index is 0.0803. The lowest BCUT2D eigenvalue weighted by atomic mass is 10.2. The van der Waals surface area contributed by atoms with Gasteiger partial charge in [-0.25, -0.2) is 4.79 Å². The molecule has 1 aromatic heterocycles. The van der Waals surface area contributed by atoms with E-state index >= 15 is 0 Å². The highest BCUT2D eigenvalue weighted by molar-refractivity contribution is 7.99. The number of benzene rings is 1. The van der Waals surface area contributed by atoms with Gasteiger partial charge in [0.25, 0.3) is 0 Å². The Labute approximate surface area is 154 Å². The molecule has 1 aliphatic heterocycles. The molecule has 2 aromatic rings. The van der Waals surface area contributed by atoms with Crippen LogP contribution < -0.4 is 10.6 Å². The number of nitrogens with one attached hydrogen (secondary N) is 2. The van der Waals surface area contributed by atoms with Crippen molar-refractivity contribution < 1.29 is 14.4 Å². The number of nitrogens with zero attached hydrogens (tertiary/aromatic N) is 4. The zero-order valence-electron chi connectivity index (χ0n) is 14.4. The molecule has 136 valence electrons. The average molecular weight is 374 g/mol. The molecule has 1 aliphatic rings. The van der Waals surface area contributed by atoms with Crippen LogP contribution >= 0.6 is 11.8 Å². The van der Waals surface area contributed by atoms with Crippen molar-refractivity contribution in [3.05, 3.63) is 30.1 Å². The molecule has 1 saturated heterocycles. The molecule has 0 bridgehead atoms. The Morgan fingerprint density at radius 1 is 1.35 bits per heavy atom. The standard InChI is InChI=1S/C16H18N6O3S/c1-10-19-20-16(26-9-14(24)21-7-6-17-15(21)25)22(10)13-5-3-4-12(8-13)18-11(2)23/h3-5,8H,6-7,9H2,1-2H3,(H,17,25)(H,18,23). The van der Waals surface area contributed by atoms with Crippen molar-refractivity contribution in [2.45, 2.75) is 19.0 Å². The molecular formula is C16H18N6O3S. The number of aromatic nitrogens is 3. The monoisotopic (exact) mass is 374 g/mol. The van der Waals surface area contributed by atoms with Crippen LogP contribution in [0.4, 0.5) is 10.5 Å². The third-order valence-corrected chi connectivity index (χ3v) is 4.62. The van der Waals surface area contributed by atoms with Gasteiger partial charge >= 0.3 is 6.03 Å². The number of hydrogen-bond acceptors (Lipinski definition) is 6. The smallest absolute Gasteiger partial charge is 0.324 e. The van der Waals surface area contributed by atoms with Gasteiger partial charge in [0.15, 0.2) is 5.16 Å². The number of aryl methyl sites for hydroxylation is 1. The number of thioether (sulfide) groups is 1. The number of carbonyl (C=O) groups excluding carboxylic acids is 3. The van der Waals surface area contributed by atoms with Gasteiger partial charge in [0, 0.05) is 25.7 Å². The third-order valence-electron chi connectivity index (χ3n) is 3.70. The summed E-state index contributed by atoms with van der Waals surface area (Å²) in [5.41, 5.74) is 1.43. The summed E-state index contributed by atoms with van der Waals surface area (Å²) in [4.78, 5) is 36.2. The van der Waals surface area contributed by atoms with Crippen LogP contribution in [0, 0.1) is 6.92 Å². The van der Waals surface area contributed by atoms with Gasteiger partial charge in [-0.2, -0.15) is 0 Å². The topological polar surface area (TPSA) is 109 Å². The summed E-state index contributed by atoms with van der Waals surface area (Å²) in [6.07, 6.45) is 0. The van der Waals surface area contributed by atoms with E-state index in [0.29, 0.717) is 29.8 Å². The molecular weight excluding hydrogens is 356 g/mol. The number of hydrogen-bond donors (Lipinski definition) is 2. The van der Waals surface area contributed by atoms with Crippen LogP contribution in [-0.2, 0) is 9.59 Å². The first kappa shape index (κ1) is 17.9. The number of imide groups is 1. The van der Waals surface area contributed by atoms with Crippen molar-refractivity contribution in [2.24, 2.45) is 0 Å². The Balaban J connectivity index is 1.78. The fourth-order valence-corrected chi connectivity index (χ4v) is 3.45. The van der Waals surface area contributed by atoms with Crippen molar-refractivity contribution in [3.8, 4) is 5.69 Å². The molecule has 3 rings (SSSR count). The molecule has 2 heterocycles. The van der Waals surface area contributed by atoms with Crippen LogP contribution in [0.1, 0.15) is 12.7 Å². The molecule has 10 heteroatoms. The molecule has 0 aliphatic carbocycles. The van der Waals surface area contributed by atoms with Gasteiger partial charge < -0.3 is 10.6 Å². The summed E-state index contributed by atoms with van der Waals surface area (Å²) in [5, 5.41) is 14.1. The third kappa shape index (κ3) is 3.85. The van der Waals surface area contributed by atoms with Crippen molar-refractivity contribution in [2.75, 3.05) is 24.2 Å². The number of urea groups is 1. The predicted octanol–water partition coefficient (Wildman–Crippen LogP) is 1.18. The Morgan fingerprint density at radius 2 is 2.15 bits per heavy atom. The van der Waals surface area contributed by atoms with Crippen molar-refractivity contribution in [1.29, 1.82) is 0 Å². The van der Waals surface area contributed by atoms with Gasteiger partial charge in [0.05, 0.1) is 11.4 Å². The van der Waals surface area contributed by atoms with Gasteiger partial charge in [0.1, 0.15) is 5.82 Å². The Bertz CT molecular complexity index is 865. The minimum atomic E-state index is -0.365. The Kier molecular flexibility index (Phi) is 5.21. The quantitative estimate of drug-likeness (QED) is 0.761. The van der Waals surface area contributed by atoms with Gasteiger partial charge in [-0.1, -0.05) is 17.8 Å². The number of carbonyl (C=O) groups is 3. The molecule has 4 amide bonds. The van der Waals surface area contributed by atoms with Crippen LogP contribution in [0.3, 0.4) is 0 Å². The van der Waals surface area contributed by atoms with Gasteiger partial charge in [0.2, 0.25) is 11.8 Å². The van der Waals surface area contributed by atoms with Crippen LogP contribution in [0.5, 0.6) is 0 Å². The summed E-state index contributed by atoms with van der Waals surface area (Å²) < 4.78 is 1.80. The highest BCUT2D eigenvalue weighted by atomic mass is 32.2. The minimum Gasteiger partial charge on any atom is -0.336 e. The van der Waals surface area contributed by atoms with Crippen LogP contribution in [-0.4, -0.2) is 56.4 Å². The fraction of sp³-hybridized carbons (Fsp3) is 0.312. The molecule has 0 unspecified atom stereocenters. The van der Waals surface area contributed by atoms with E-state index in [4.69, 9.17) is 0 Å². The zero-order valence-corrected chi connectivity index (χ0v) is 15.2. The highest BCUT2D eigenvalue weighted by Crippen LogP contribution is 2.24. The number of amides is 4. The normalized spacial score (nSPS) is 13.6. The van der Waals surface area contributed by atoms with E-state index < -0.39 is 0 Å². The molecule has 2 N–H and O–H groups in total. The Morgan fingerprint density at radius 3 is 2.85 bits per heavy atom. The highest BCUT2D eigenvalue weighted by Gasteiger charge is 2.26. The van der Waals surface area contributed by atoms with Crippen molar-refractivity contribution in [3.63, 3.8) is 0 Å². The van der Waals surface area contributed by atoms with Crippen molar-refractivity contribution in [1.82, 2.24) is 25.0 Å².